The third kappa shape index (κ3) is 2.28. The van der Waals surface area contributed by atoms with Crippen LogP contribution in [0.5, 0.6) is 0 Å². The molecule has 1 aliphatic heterocycles. The van der Waals surface area contributed by atoms with E-state index in [1.807, 2.05) is 0 Å². The zero-order valence-electron chi connectivity index (χ0n) is 10.8. The summed E-state index contributed by atoms with van der Waals surface area (Å²) in [4.78, 5) is 11.4. The quantitative estimate of drug-likeness (QED) is 0.809. The van der Waals surface area contributed by atoms with Gasteiger partial charge in [0.1, 0.15) is 6.61 Å². The smallest absolute Gasteiger partial charge is 0.407 e. The first-order valence-electron chi connectivity index (χ1n) is 5.90. The molecule has 1 aromatic rings. The second-order valence-electron chi connectivity index (χ2n) is 5.50. The predicted molar refractivity (Wildman–Crippen MR) is 66.9 cm³/mol. The van der Waals surface area contributed by atoms with Crippen molar-refractivity contribution in [1.82, 2.24) is 5.32 Å². The van der Waals surface area contributed by atoms with Gasteiger partial charge in [0.2, 0.25) is 0 Å². The van der Waals surface area contributed by atoms with Crippen LogP contribution >= 0.6 is 0 Å². The van der Waals surface area contributed by atoms with Gasteiger partial charge < -0.3 is 10.1 Å². The van der Waals surface area contributed by atoms with E-state index in [4.69, 9.17) is 4.74 Å². The first-order valence-corrected chi connectivity index (χ1v) is 5.90. The van der Waals surface area contributed by atoms with Gasteiger partial charge in [0, 0.05) is 5.41 Å². The summed E-state index contributed by atoms with van der Waals surface area (Å²) in [5, 5.41) is 2.92. The highest BCUT2D eigenvalue weighted by Crippen LogP contribution is 2.37. The molecule has 0 unspecified atom stereocenters. The van der Waals surface area contributed by atoms with Gasteiger partial charge in [-0.05, 0) is 25.0 Å². The maximum atomic E-state index is 11.4. The van der Waals surface area contributed by atoms with Crippen LogP contribution in [-0.4, -0.2) is 12.7 Å². The summed E-state index contributed by atoms with van der Waals surface area (Å²) in [6, 6.07) is 6.35. The Morgan fingerprint density at radius 3 is 2.71 bits per heavy atom. The van der Waals surface area contributed by atoms with E-state index in [1.54, 1.807) is 0 Å². The van der Waals surface area contributed by atoms with E-state index in [-0.39, 0.29) is 17.6 Å². The fraction of sp³-hybridized carbons (Fsp3) is 0.500. The number of carbonyl (C=O) groups excluding carboxylic acids is 1. The van der Waals surface area contributed by atoms with Gasteiger partial charge in [0.05, 0.1) is 6.04 Å². The van der Waals surface area contributed by atoms with Crippen LogP contribution in [-0.2, 0) is 4.74 Å². The molecule has 1 heterocycles. The number of benzene rings is 1. The van der Waals surface area contributed by atoms with Crippen LogP contribution in [0.4, 0.5) is 4.79 Å². The molecule has 1 aromatic carbocycles. The Hall–Kier alpha value is -1.51. The highest BCUT2D eigenvalue weighted by atomic mass is 16.6. The second-order valence-corrected chi connectivity index (χ2v) is 5.50. The Labute approximate surface area is 102 Å². The largest absolute Gasteiger partial charge is 0.449 e. The van der Waals surface area contributed by atoms with Gasteiger partial charge in [-0.25, -0.2) is 4.79 Å². The van der Waals surface area contributed by atoms with E-state index >= 15 is 0 Å². The summed E-state index contributed by atoms with van der Waals surface area (Å²) in [7, 11) is 0. The lowest BCUT2D eigenvalue weighted by Gasteiger charge is -2.39. The topological polar surface area (TPSA) is 38.3 Å². The molecule has 1 saturated heterocycles. The lowest BCUT2D eigenvalue weighted by atomic mass is 9.79. The number of ether oxygens (including phenoxy) is 1. The number of rotatable bonds is 1. The minimum atomic E-state index is -0.325. The molecule has 0 aromatic heterocycles. The van der Waals surface area contributed by atoms with E-state index in [0.29, 0.717) is 6.61 Å². The third-order valence-corrected chi connectivity index (χ3v) is 3.36. The summed E-state index contributed by atoms with van der Waals surface area (Å²) in [6.07, 6.45) is -0.325. The molecule has 1 fully saturated rings. The SMILES string of the molecule is Cc1ccc([C@@H]2NC(=O)OCC2(C)C)c(C)c1. The normalized spacial score (nSPS) is 22.8. The molecule has 3 nitrogen and oxygen atoms in total. The molecule has 2 rings (SSSR count). The van der Waals surface area contributed by atoms with Gasteiger partial charge in [0.25, 0.3) is 0 Å². The number of hydrogen-bond donors (Lipinski definition) is 1. The number of cyclic esters (lactones) is 1. The molecule has 1 N–H and O–H groups in total. The van der Waals surface area contributed by atoms with Crippen LogP contribution in [0.1, 0.15) is 36.6 Å². The summed E-state index contributed by atoms with van der Waals surface area (Å²) in [5.74, 6) is 0. The number of carbonyl (C=O) groups is 1. The summed E-state index contributed by atoms with van der Waals surface area (Å²) < 4.78 is 5.06. The van der Waals surface area contributed by atoms with Gasteiger partial charge in [-0.1, -0.05) is 37.6 Å². The molecule has 17 heavy (non-hydrogen) atoms. The number of aryl methyl sites for hydroxylation is 2. The molecule has 3 heteroatoms. The Kier molecular flexibility index (Phi) is 2.86. The Bertz CT molecular complexity index is 452. The highest BCUT2D eigenvalue weighted by Gasteiger charge is 2.38. The van der Waals surface area contributed by atoms with Crippen LogP contribution in [0.15, 0.2) is 18.2 Å². The number of nitrogens with one attached hydrogen (secondary N) is 1. The third-order valence-electron chi connectivity index (χ3n) is 3.36. The first kappa shape index (κ1) is 12.0. The molecule has 0 spiro atoms. The Morgan fingerprint density at radius 2 is 2.06 bits per heavy atom. The summed E-state index contributed by atoms with van der Waals surface area (Å²) in [6.45, 7) is 8.83. The van der Waals surface area contributed by atoms with Crippen molar-refractivity contribution in [2.75, 3.05) is 6.61 Å². The zero-order valence-corrected chi connectivity index (χ0v) is 10.8. The molecule has 0 radical (unpaired) electrons. The molecule has 0 saturated carbocycles. The van der Waals surface area contributed by atoms with Gasteiger partial charge in [0.15, 0.2) is 0 Å². The van der Waals surface area contributed by atoms with Crippen molar-refractivity contribution in [3.8, 4) is 0 Å². The standard InChI is InChI=1S/C14H19NO2/c1-9-5-6-11(10(2)7-9)12-14(3,4)8-17-13(16)15-12/h5-7,12H,8H2,1-4H3,(H,15,16)/t12-/m0/s1. The first-order chi connectivity index (χ1) is 7.90. The van der Waals surface area contributed by atoms with Crippen LogP contribution in [0.3, 0.4) is 0 Å². The van der Waals surface area contributed by atoms with Crippen molar-refractivity contribution in [3.63, 3.8) is 0 Å². The van der Waals surface area contributed by atoms with E-state index in [1.165, 1.54) is 16.7 Å². The molecule has 0 aliphatic carbocycles. The molecular weight excluding hydrogens is 214 g/mol. The van der Waals surface area contributed by atoms with Crippen molar-refractivity contribution in [1.29, 1.82) is 0 Å². The van der Waals surface area contributed by atoms with E-state index in [0.717, 1.165) is 0 Å². The van der Waals surface area contributed by atoms with Crippen molar-refractivity contribution in [2.45, 2.75) is 33.7 Å². The van der Waals surface area contributed by atoms with Crippen LogP contribution < -0.4 is 5.32 Å². The lowest BCUT2D eigenvalue weighted by molar-refractivity contribution is 0.0386. The van der Waals surface area contributed by atoms with Gasteiger partial charge >= 0.3 is 6.09 Å². The van der Waals surface area contributed by atoms with Gasteiger partial charge in [-0.15, -0.1) is 0 Å². The van der Waals surface area contributed by atoms with Gasteiger partial charge in [-0.2, -0.15) is 0 Å². The fourth-order valence-electron chi connectivity index (χ4n) is 2.34. The lowest BCUT2D eigenvalue weighted by Crippen LogP contribution is -2.47. The van der Waals surface area contributed by atoms with Crippen LogP contribution in [0.25, 0.3) is 0 Å². The predicted octanol–water partition coefficient (Wildman–Crippen LogP) is 3.11. The van der Waals surface area contributed by atoms with Crippen LogP contribution in [0, 0.1) is 19.3 Å². The number of hydrogen-bond acceptors (Lipinski definition) is 2. The molecule has 1 atom stereocenters. The zero-order chi connectivity index (χ0) is 12.6. The second kappa shape index (κ2) is 4.06. The maximum Gasteiger partial charge on any atom is 0.407 e. The number of alkyl carbamates (subject to hydrolysis) is 1. The molecule has 92 valence electrons. The van der Waals surface area contributed by atoms with E-state index in [2.05, 4.69) is 51.2 Å². The average Bonchev–Trinajstić information content (AvgIpc) is 2.23. The molecule has 0 bridgehead atoms. The number of amides is 1. The maximum absolute atomic E-state index is 11.4. The molecule has 1 amide bonds. The van der Waals surface area contributed by atoms with Crippen molar-refractivity contribution >= 4 is 6.09 Å². The average molecular weight is 233 g/mol. The summed E-state index contributed by atoms with van der Waals surface area (Å²) in [5.41, 5.74) is 3.54. The highest BCUT2D eigenvalue weighted by molar-refractivity contribution is 5.69. The van der Waals surface area contributed by atoms with Crippen LogP contribution in [0.2, 0.25) is 0 Å². The monoisotopic (exact) mass is 233 g/mol. The molecule has 1 aliphatic rings. The van der Waals surface area contributed by atoms with Gasteiger partial charge in [-0.3, -0.25) is 0 Å². The Morgan fingerprint density at radius 1 is 1.35 bits per heavy atom. The van der Waals surface area contributed by atoms with E-state index < -0.39 is 0 Å². The molecular formula is C14H19NO2. The Balaban J connectivity index is 2.39. The minimum Gasteiger partial charge on any atom is -0.449 e. The van der Waals surface area contributed by atoms with Crippen molar-refractivity contribution in [2.24, 2.45) is 5.41 Å². The van der Waals surface area contributed by atoms with E-state index in [9.17, 15) is 4.79 Å². The fourth-order valence-corrected chi connectivity index (χ4v) is 2.34. The van der Waals surface area contributed by atoms with Crippen molar-refractivity contribution < 1.29 is 9.53 Å². The van der Waals surface area contributed by atoms with Crippen molar-refractivity contribution in [3.05, 3.63) is 34.9 Å². The minimum absolute atomic E-state index is 0.0179. The summed E-state index contributed by atoms with van der Waals surface area (Å²) >= 11 is 0.